The van der Waals surface area contributed by atoms with Gasteiger partial charge in [0.05, 0.1) is 4.91 Å². The van der Waals surface area contributed by atoms with E-state index in [4.69, 9.17) is 4.74 Å². The minimum atomic E-state index is -0.275. The zero-order valence-corrected chi connectivity index (χ0v) is 21.0. The van der Waals surface area contributed by atoms with Gasteiger partial charge in [-0.25, -0.2) is 4.39 Å². The second kappa shape index (κ2) is 12.4. The predicted octanol–water partition coefficient (Wildman–Crippen LogP) is 5.41. The second-order valence-electron chi connectivity index (χ2n) is 8.97. The minimum absolute atomic E-state index is 0.0440. The summed E-state index contributed by atoms with van der Waals surface area (Å²) in [5.74, 6) is -0.439. The molecule has 7 heteroatoms. The van der Waals surface area contributed by atoms with E-state index < -0.39 is 0 Å². The summed E-state index contributed by atoms with van der Waals surface area (Å²) in [5, 5.41) is 3.22. The third kappa shape index (κ3) is 6.53. The van der Waals surface area contributed by atoms with Crippen molar-refractivity contribution in [1.29, 1.82) is 0 Å². The van der Waals surface area contributed by atoms with Gasteiger partial charge in [-0.05, 0) is 56.0 Å². The molecule has 1 aliphatic heterocycles. The zero-order chi connectivity index (χ0) is 24.6. The number of nitrogens with one attached hydrogen (secondary N) is 1. The van der Waals surface area contributed by atoms with Crippen LogP contribution in [0.25, 0.3) is 6.08 Å². The number of amides is 2. The molecule has 0 bridgehead atoms. The van der Waals surface area contributed by atoms with Crippen molar-refractivity contribution in [3.05, 3.63) is 75.9 Å². The summed E-state index contributed by atoms with van der Waals surface area (Å²) < 4.78 is 19.7. The molecule has 0 spiro atoms. The molecular formula is C28H33FN2O3S. The van der Waals surface area contributed by atoms with E-state index in [-0.39, 0.29) is 30.2 Å². The Hall–Kier alpha value is -2.64. The van der Waals surface area contributed by atoms with Crippen molar-refractivity contribution >= 4 is 29.7 Å². The van der Waals surface area contributed by atoms with Crippen LogP contribution in [0.3, 0.4) is 0 Å². The Morgan fingerprint density at radius 3 is 2.71 bits per heavy atom. The van der Waals surface area contributed by atoms with Crippen molar-refractivity contribution < 1.29 is 18.7 Å². The summed E-state index contributed by atoms with van der Waals surface area (Å²) in [6, 6.07) is 14.1. The second-order valence-corrected chi connectivity index (χ2v) is 10.3. The van der Waals surface area contributed by atoms with E-state index in [1.54, 1.807) is 36.0 Å². The number of carbonyl (C=O) groups excluding carboxylic acids is 2. The van der Waals surface area contributed by atoms with Crippen LogP contribution in [0.4, 0.5) is 4.39 Å². The SMILES string of the molecule is CCOCCCNC(=O)c1ccc(/C=C2\SC3CCCCC3N(Cc3ccccc3F)C2=O)cc1. The minimum Gasteiger partial charge on any atom is -0.382 e. The predicted molar refractivity (Wildman–Crippen MR) is 138 cm³/mol. The Morgan fingerprint density at radius 1 is 1.17 bits per heavy atom. The lowest BCUT2D eigenvalue weighted by atomic mass is 9.92. The fourth-order valence-electron chi connectivity index (χ4n) is 4.68. The maximum atomic E-state index is 14.4. The van der Waals surface area contributed by atoms with Crippen LogP contribution in [0, 0.1) is 5.82 Å². The van der Waals surface area contributed by atoms with Gasteiger partial charge < -0.3 is 15.0 Å². The van der Waals surface area contributed by atoms with E-state index in [0.29, 0.717) is 41.0 Å². The van der Waals surface area contributed by atoms with Crippen LogP contribution in [0.2, 0.25) is 0 Å². The number of rotatable bonds is 9. The lowest BCUT2D eigenvalue weighted by Gasteiger charge is -2.44. The van der Waals surface area contributed by atoms with Gasteiger partial charge >= 0.3 is 0 Å². The molecule has 4 rings (SSSR count). The normalized spacial score (nSPS) is 21.1. The quantitative estimate of drug-likeness (QED) is 0.373. The summed E-state index contributed by atoms with van der Waals surface area (Å²) in [6.07, 6.45) is 6.93. The van der Waals surface area contributed by atoms with E-state index in [9.17, 15) is 14.0 Å². The van der Waals surface area contributed by atoms with E-state index in [0.717, 1.165) is 37.7 Å². The van der Waals surface area contributed by atoms with Crippen LogP contribution >= 0.6 is 11.8 Å². The third-order valence-corrected chi connectivity index (χ3v) is 7.94. The number of carbonyl (C=O) groups is 2. The zero-order valence-electron chi connectivity index (χ0n) is 20.2. The Labute approximate surface area is 211 Å². The number of hydrogen-bond donors (Lipinski definition) is 1. The number of benzene rings is 2. The summed E-state index contributed by atoms with van der Waals surface area (Å²) in [4.78, 5) is 28.4. The number of thioether (sulfide) groups is 1. The average molecular weight is 497 g/mol. The molecule has 2 amide bonds. The molecule has 2 aromatic carbocycles. The maximum Gasteiger partial charge on any atom is 0.260 e. The highest BCUT2D eigenvalue weighted by molar-refractivity contribution is 8.04. The van der Waals surface area contributed by atoms with Gasteiger partial charge in [0, 0.05) is 48.7 Å². The fraction of sp³-hybridized carbons (Fsp3) is 0.429. The smallest absolute Gasteiger partial charge is 0.260 e. The molecule has 0 aromatic heterocycles. The van der Waals surface area contributed by atoms with Crippen LogP contribution < -0.4 is 5.32 Å². The van der Waals surface area contributed by atoms with E-state index >= 15 is 0 Å². The lowest BCUT2D eigenvalue weighted by Crippen LogP contribution is -2.50. The van der Waals surface area contributed by atoms with Gasteiger partial charge in [0.15, 0.2) is 0 Å². The summed E-state index contributed by atoms with van der Waals surface area (Å²) in [6.45, 7) is 4.10. The van der Waals surface area contributed by atoms with Crippen LogP contribution in [-0.2, 0) is 16.1 Å². The molecule has 2 atom stereocenters. The fourth-order valence-corrected chi connectivity index (χ4v) is 6.15. The molecule has 1 saturated heterocycles. The number of ether oxygens (including phenoxy) is 1. The molecule has 1 saturated carbocycles. The van der Waals surface area contributed by atoms with Crippen molar-refractivity contribution in [2.75, 3.05) is 19.8 Å². The molecular weight excluding hydrogens is 463 g/mol. The highest BCUT2D eigenvalue weighted by Crippen LogP contribution is 2.42. The maximum absolute atomic E-state index is 14.4. The molecule has 1 N–H and O–H groups in total. The molecule has 2 aromatic rings. The van der Waals surface area contributed by atoms with Crippen LogP contribution in [0.15, 0.2) is 53.4 Å². The molecule has 0 radical (unpaired) electrons. The van der Waals surface area contributed by atoms with E-state index in [1.165, 1.54) is 6.07 Å². The van der Waals surface area contributed by atoms with Crippen molar-refractivity contribution in [1.82, 2.24) is 10.2 Å². The van der Waals surface area contributed by atoms with Crippen molar-refractivity contribution in [3.63, 3.8) is 0 Å². The van der Waals surface area contributed by atoms with Crippen LogP contribution in [0.1, 0.15) is 60.5 Å². The first-order chi connectivity index (χ1) is 17.1. The van der Waals surface area contributed by atoms with Gasteiger partial charge in [0.2, 0.25) is 0 Å². The summed E-state index contributed by atoms with van der Waals surface area (Å²) >= 11 is 1.65. The Morgan fingerprint density at radius 2 is 1.94 bits per heavy atom. The van der Waals surface area contributed by atoms with Gasteiger partial charge in [0.1, 0.15) is 5.82 Å². The largest absolute Gasteiger partial charge is 0.382 e. The monoisotopic (exact) mass is 496 g/mol. The Balaban J connectivity index is 1.46. The number of fused-ring (bicyclic) bond motifs is 1. The first-order valence-corrected chi connectivity index (χ1v) is 13.3. The Kier molecular flexibility index (Phi) is 8.99. The van der Waals surface area contributed by atoms with Crippen molar-refractivity contribution in [3.8, 4) is 0 Å². The third-order valence-electron chi connectivity index (χ3n) is 6.54. The molecule has 2 fully saturated rings. The first-order valence-electron chi connectivity index (χ1n) is 12.5. The highest BCUT2D eigenvalue weighted by atomic mass is 32.2. The summed E-state index contributed by atoms with van der Waals surface area (Å²) in [7, 11) is 0. The number of nitrogens with zero attached hydrogens (tertiary/aromatic N) is 1. The molecule has 5 nitrogen and oxygen atoms in total. The molecule has 2 unspecified atom stereocenters. The topological polar surface area (TPSA) is 58.6 Å². The highest BCUT2D eigenvalue weighted by Gasteiger charge is 2.40. The lowest BCUT2D eigenvalue weighted by molar-refractivity contribution is -0.130. The first kappa shape index (κ1) is 25.5. The van der Waals surface area contributed by atoms with Crippen molar-refractivity contribution in [2.24, 2.45) is 0 Å². The van der Waals surface area contributed by atoms with Crippen LogP contribution in [0.5, 0.6) is 0 Å². The van der Waals surface area contributed by atoms with Gasteiger partial charge in [0.25, 0.3) is 11.8 Å². The average Bonchev–Trinajstić information content (AvgIpc) is 2.88. The van der Waals surface area contributed by atoms with Gasteiger partial charge in [-0.1, -0.05) is 43.2 Å². The Bertz CT molecular complexity index is 1060. The molecule has 1 heterocycles. The van der Waals surface area contributed by atoms with Crippen LogP contribution in [-0.4, -0.2) is 47.8 Å². The van der Waals surface area contributed by atoms with Crippen molar-refractivity contribution in [2.45, 2.75) is 56.9 Å². The van der Waals surface area contributed by atoms with Gasteiger partial charge in [-0.3, -0.25) is 9.59 Å². The van der Waals surface area contributed by atoms with E-state index in [2.05, 4.69) is 5.32 Å². The molecule has 2 aliphatic rings. The molecule has 186 valence electrons. The standard InChI is InChI=1S/C28H33FN2O3S/c1-2-34-17-7-16-30-27(32)21-14-12-20(13-15-21)18-26-28(33)31(19-22-8-3-4-9-23(22)29)24-10-5-6-11-25(24)35-26/h3-4,8-9,12-15,18,24-25H,2,5-7,10-11,16-17,19H2,1H3,(H,30,32)/b26-18-. The molecule has 35 heavy (non-hydrogen) atoms. The van der Waals surface area contributed by atoms with Gasteiger partial charge in [-0.15, -0.1) is 11.8 Å². The van der Waals surface area contributed by atoms with E-state index in [1.807, 2.05) is 36.1 Å². The summed E-state index contributed by atoms with van der Waals surface area (Å²) in [5.41, 5.74) is 2.00. The number of hydrogen-bond acceptors (Lipinski definition) is 4. The van der Waals surface area contributed by atoms with Gasteiger partial charge in [-0.2, -0.15) is 0 Å². The number of halogens is 1. The molecule has 1 aliphatic carbocycles.